The average molecular weight is 338 g/mol. The molecule has 22 heavy (non-hydrogen) atoms. The Hall–Kier alpha value is -1.36. The molecule has 0 atom stereocenters. The zero-order valence-corrected chi connectivity index (χ0v) is 13.9. The van der Waals surface area contributed by atoms with Gasteiger partial charge in [-0.1, -0.05) is 34.9 Å². The zero-order chi connectivity index (χ0) is 15.5. The molecular formula is C16H17Cl2N3O. The molecule has 2 aromatic rings. The number of nitrogens with zero attached hydrogens (tertiary/aromatic N) is 3. The second kappa shape index (κ2) is 6.82. The second-order valence-corrected chi connectivity index (χ2v) is 6.30. The van der Waals surface area contributed by atoms with Crippen LogP contribution >= 0.6 is 23.2 Å². The lowest BCUT2D eigenvalue weighted by molar-refractivity contribution is 0.223. The smallest absolute Gasteiger partial charge is 0.230 e. The Balaban J connectivity index is 1.61. The van der Waals surface area contributed by atoms with Gasteiger partial charge in [0.05, 0.1) is 6.54 Å². The van der Waals surface area contributed by atoms with Crippen LogP contribution < -0.4 is 0 Å². The predicted octanol–water partition coefficient (Wildman–Crippen LogP) is 4.36. The molecule has 1 aromatic carbocycles. The normalized spacial score (nSPS) is 16.0. The zero-order valence-electron chi connectivity index (χ0n) is 12.4. The molecule has 0 spiro atoms. The summed E-state index contributed by atoms with van der Waals surface area (Å²) in [5, 5.41) is 9.35. The van der Waals surface area contributed by atoms with Crippen LogP contribution in [-0.2, 0) is 6.54 Å². The molecule has 0 aliphatic carbocycles. The Morgan fingerprint density at radius 3 is 2.68 bits per heavy atom. The molecule has 1 aliphatic rings. The standard InChI is InChI=1S/C16H17Cl2N3O/c1-11-19-20-16(22-11)10-21-6-4-12(5-7-21)8-13-9-14(17)2-3-15(13)18/h2-3,8-9H,4-7,10H2,1H3. The van der Waals surface area contributed by atoms with Crippen molar-refractivity contribution in [3.05, 3.63) is 51.2 Å². The molecule has 0 saturated carbocycles. The van der Waals surface area contributed by atoms with Crippen molar-refractivity contribution in [3.8, 4) is 0 Å². The highest BCUT2D eigenvalue weighted by Crippen LogP contribution is 2.26. The molecule has 0 radical (unpaired) electrons. The van der Waals surface area contributed by atoms with Crippen LogP contribution in [0.15, 0.2) is 28.2 Å². The lowest BCUT2D eigenvalue weighted by Gasteiger charge is -2.27. The summed E-state index contributed by atoms with van der Waals surface area (Å²) in [4.78, 5) is 2.32. The van der Waals surface area contributed by atoms with Crippen molar-refractivity contribution in [2.75, 3.05) is 13.1 Å². The molecule has 1 aliphatic heterocycles. The van der Waals surface area contributed by atoms with Gasteiger partial charge in [0.25, 0.3) is 0 Å². The summed E-state index contributed by atoms with van der Waals surface area (Å²) in [5.41, 5.74) is 2.38. The maximum absolute atomic E-state index is 6.21. The van der Waals surface area contributed by atoms with E-state index in [4.69, 9.17) is 27.6 Å². The molecule has 1 saturated heterocycles. The van der Waals surface area contributed by atoms with Gasteiger partial charge in [-0.3, -0.25) is 4.90 Å². The molecular weight excluding hydrogens is 321 g/mol. The summed E-state index contributed by atoms with van der Waals surface area (Å²) in [6.45, 7) is 4.48. The number of halogens is 2. The maximum Gasteiger partial charge on any atom is 0.230 e. The van der Waals surface area contributed by atoms with E-state index in [1.54, 1.807) is 6.07 Å². The third-order valence-electron chi connectivity index (χ3n) is 3.74. The highest BCUT2D eigenvalue weighted by Gasteiger charge is 2.16. The van der Waals surface area contributed by atoms with Gasteiger partial charge >= 0.3 is 0 Å². The van der Waals surface area contributed by atoms with Crippen LogP contribution in [0, 0.1) is 6.92 Å². The van der Waals surface area contributed by atoms with Gasteiger partial charge in [-0.25, -0.2) is 0 Å². The predicted molar refractivity (Wildman–Crippen MR) is 88.0 cm³/mol. The van der Waals surface area contributed by atoms with Gasteiger partial charge in [0.2, 0.25) is 11.8 Å². The molecule has 4 nitrogen and oxygen atoms in total. The third-order valence-corrected chi connectivity index (χ3v) is 4.32. The van der Waals surface area contributed by atoms with Crippen molar-refractivity contribution in [2.24, 2.45) is 0 Å². The van der Waals surface area contributed by atoms with E-state index in [1.807, 2.05) is 19.1 Å². The summed E-state index contributed by atoms with van der Waals surface area (Å²) < 4.78 is 5.43. The number of aromatic nitrogens is 2. The molecule has 1 aromatic heterocycles. The van der Waals surface area contributed by atoms with Crippen molar-refractivity contribution in [3.63, 3.8) is 0 Å². The van der Waals surface area contributed by atoms with E-state index in [-0.39, 0.29) is 0 Å². The first-order valence-corrected chi connectivity index (χ1v) is 8.01. The highest BCUT2D eigenvalue weighted by molar-refractivity contribution is 6.34. The first-order chi connectivity index (χ1) is 10.6. The second-order valence-electron chi connectivity index (χ2n) is 5.46. The van der Waals surface area contributed by atoms with Crippen LogP contribution in [0.2, 0.25) is 10.0 Å². The van der Waals surface area contributed by atoms with Gasteiger partial charge < -0.3 is 4.42 Å². The van der Waals surface area contributed by atoms with Crippen molar-refractivity contribution in [1.82, 2.24) is 15.1 Å². The summed E-state index contributed by atoms with van der Waals surface area (Å²) >= 11 is 12.2. The topological polar surface area (TPSA) is 42.2 Å². The van der Waals surface area contributed by atoms with Gasteiger partial charge in [-0.2, -0.15) is 0 Å². The molecule has 0 amide bonds. The molecule has 6 heteroatoms. The Morgan fingerprint density at radius 2 is 2.00 bits per heavy atom. The van der Waals surface area contributed by atoms with E-state index in [0.29, 0.717) is 23.3 Å². The van der Waals surface area contributed by atoms with E-state index in [0.717, 1.165) is 36.5 Å². The summed E-state index contributed by atoms with van der Waals surface area (Å²) in [7, 11) is 0. The van der Waals surface area contributed by atoms with Crippen LogP contribution in [0.4, 0.5) is 0 Å². The van der Waals surface area contributed by atoms with E-state index in [9.17, 15) is 0 Å². The van der Waals surface area contributed by atoms with E-state index >= 15 is 0 Å². The van der Waals surface area contributed by atoms with Crippen LogP contribution in [0.5, 0.6) is 0 Å². The molecule has 1 fully saturated rings. The van der Waals surface area contributed by atoms with Crippen LogP contribution in [0.3, 0.4) is 0 Å². The molecule has 0 unspecified atom stereocenters. The molecule has 0 N–H and O–H groups in total. The SMILES string of the molecule is Cc1nnc(CN2CCC(=Cc3cc(Cl)ccc3Cl)CC2)o1. The van der Waals surface area contributed by atoms with Crippen molar-refractivity contribution in [2.45, 2.75) is 26.3 Å². The van der Waals surface area contributed by atoms with Crippen LogP contribution in [0.1, 0.15) is 30.2 Å². The number of benzene rings is 1. The van der Waals surface area contributed by atoms with Gasteiger partial charge in [0, 0.05) is 30.1 Å². The molecule has 116 valence electrons. The fraction of sp³-hybridized carbons (Fsp3) is 0.375. The lowest BCUT2D eigenvalue weighted by Crippen LogP contribution is -2.30. The molecule has 3 rings (SSSR count). The number of hydrogen-bond donors (Lipinski definition) is 0. The summed E-state index contributed by atoms with van der Waals surface area (Å²) in [5.74, 6) is 1.30. The maximum atomic E-state index is 6.21. The number of rotatable bonds is 3. The summed E-state index contributed by atoms with van der Waals surface area (Å²) in [6, 6.07) is 5.55. The van der Waals surface area contributed by atoms with Gasteiger partial charge in [-0.05, 0) is 36.6 Å². The fourth-order valence-electron chi connectivity index (χ4n) is 2.58. The minimum atomic E-state index is 0.614. The van der Waals surface area contributed by atoms with Crippen molar-refractivity contribution < 1.29 is 4.42 Å². The Bertz CT molecular complexity index is 686. The van der Waals surface area contributed by atoms with Crippen LogP contribution in [-0.4, -0.2) is 28.2 Å². The van der Waals surface area contributed by atoms with E-state index in [1.165, 1.54) is 5.57 Å². The van der Waals surface area contributed by atoms with Gasteiger partial charge in [0.1, 0.15) is 0 Å². The minimum Gasteiger partial charge on any atom is -0.424 e. The monoisotopic (exact) mass is 337 g/mol. The third kappa shape index (κ3) is 3.88. The van der Waals surface area contributed by atoms with Crippen molar-refractivity contribution in [1.29, 1.82) is 0 Å². The largest absolute Gasteiger partial charge is 0.424 e. The van der Waals surface area contributed by atoms with E-state index < -0.39 is 0 Å². The van der Waals surface area contributed by atoms with Crippen LogP contribution in [0.25, 0.3) is 6.08 Å². The minimum absolute atomic E-state index is 0.614. The van der Waals surface area contributed by atoms with Crippen molar-refractivity contribution >= 4 is 29.3 Å². The molecule has 0 bridgehead atoms. The summed E-state index contributed by atoms with van der Waals surface area (Å²) in [6.07, 6.45) is 4.17. The first-order valence-electron chi connectivity index (χ1n) is 7.26. The Labute approximate surface area is 139 Å². The number of aryl methyl sites for hydroxylation is 1. The molecule has 2 heterocycles. The Kier molecular flexibility index (Phi) is 4.81. The highest BCUT2D eigenvalue weighted by atomic mass is 35.5. The Morgan fingerprint density at radius 1 is 1.23 bits per heavy atom. The lowest BCUT2D eigenvalue weighted by atomic mass is 10.0. The van der Waals surface area contributed by atoms with Gasteiger partial charge in [-0.15, -0.1) is 10.2 Å². The quantitative estimate of drug-likeness (QED) is 0.834. The number of likely N-dealkylation sites (tertiary alicyclic amines) is 1. The fourth-order valence-corrected chi connectivity index (χ4v) is 2.93. The van der Waals surface area contributed by atoms with E-state index in [2.05, 4.69) is 21.2 Å². The average Bonchev–Trinajstić information content (AvgIpc) is 2.90. The van der Waals surface area contributed by atoms with Gasteiger partial charge in [0.15, 0.2) is 0 Å². The number of hydrogen-bond acceptors (Lipinski definition) is 4. The first kappa shape index (κ1) is 15.5. The number of piperidine rings is 1.